The fraction of sp³-hybridized carbons (Fsp3) is 1.00. The van der Waals surface area contributed by atoms with Crippen LogP contribution in [0.15, 0.2) is 0 Å². The van der Waals surface area contributed by atoms with Crippen molar-refractivity contribution in [1.82, 2.24) is 5.32 Å². The normalized spacial score (nSPS) is 33.2. The molecule has 1 aliphatic carbocycles. The van der Waals surface area contributed by atoms with Crippen LogP contribution in [0.1, 0.15) is 52.9 Å². The Hall–Kier alpha value is -0.0800. The Morgan fingerprint density at radius 3 is 2.44 bits per heavy atom. The summed E-state index contributed by atoms with van der Waals surface area (Å²) >= 11 is 0. The van der Waals surface area contributed by atoms with Crippen molar-refractivity contribution in [2.24, 2.45) is 11.3 Å². The summed E-state index contributed by atoms with van der Waals surface area (Å²) in [7, 11) is 0. The smallest absolute Gasteiger partial charge is 0.0752 e. The van der Waals surface area contributed by atoms with E-state index in [1.807, 2.05) is 0 Å². The van der Waals surface area contributed by atoms with Gasteiger partial charge >= 0.3 is 0 Å². The van der Waals surface area contributed by atoms with Gasteiger partial charge in [-0.05, 0) is 17.8 Å². The highest BCUT2D eigenvalue weighted by Gasteiger charge is 2.32. The molecule has 0 spiro atoms. The van der Waals surface area contributed by atoms with Gasteiger partial charge in [-0.3, -0.25) is 0 Å². The van der Waals surface area contributed by atoms with Crippen LogP contribution in [0, 0.1) is 11.3 Å². The number of morpholine rings is 1. The second kappa shape index (κ2) is 5.05. The SMILES string of the molecule is CC(C)(C)C1CNCC(CC2CCCC2)O1. The lowest BCUT2D eigenvalue weighted by molar-refractivity contribution is -0.0936. The molecule has 1 N–H and O–H groups in total. The summed E-state index contributed by atoms with van der Waals surface area (Å²) in [5.41, 5.74) is 0.265. The minimum Gasteiger partial charge on any atom is -0.372 e. The number of nitrogens with one attached hydrogen (secondary N) is 1. The van der Waals surface area contributed by atoms with Gasteiger partial charge in [0.1, 0.15) is 0 Å². The Morgan fingerprint density at radius 1 is 1.12 bits per heavy atom. The lowest BCUT2D eigenvalue weighted by Gasteiger charge is -2.39. The van der Waals surface area contributed by atoms with Crippen molar-refractivity contribution in [2.45, 2.75) is 65.1 Å². The molecule has 94 valence electrons. The van der Waals surface area contributed by atoms with E-state index in [1.54, 1.807) is 0 Å². The third-order valence-electron chi connectivity index (χ3n) is 4.10. The van der Waals surface area contributed by atoms with E-state index in [-0.39, 0.29) is 5.41 Å². The first-order valence-corrected chi connectivity index (χ1v) is 6.92. The molecule has 0 radical (unpaired) electrons. The van der Waals surface area contributed by atoms with Gasteiger partial charge in [-0.15, -0.1) is 0 Å². The van der Waals surface area contributed by atoms with E-state index in [1.165, 1.54) is 32.1 Å². The first-order chi connectivity index (χ1) is 7.55. The third kappa shape index (κ3) is 3.21. The molecule has 2 heteroatoms. The van der Waals surface area contributed by atoms with Crippen molar-refractivity contribution in [1.29, 1.82) is 0 Å². The predicted octanol–water partition coefficient (Wildman–Crippen LogP) is 2.97. The third-order valence-corrected chi connectivity index (χ3v) is 4.10. The van der Waals surface area contributed by atoms with E-state index >= 15 is 0 Å². The van der Waals surface area contributed by atoms with Gasteiger partial charge in [0.25, 0.3) is 0 Å². The Bertz CT molecular complexity index is 215. The zero-order valence-corrected chi connectivity index (χ0v) is 11.1. The average molecular weight is 225 g/mol. The average Bonchev–Trinajstić information content (AvgIpc) is 2.70. The van der Waals surface area contributed by atoms with Crippen LogP contribution in [-0.4, -0.2) is 25.3 Å². The van der Waals surface area contributed by atoms with Gasteiger partial charge < -0.3 is 10.1 Å². The molecule has 16 heavy (non-hydrogen) atoms. The van der Waals surface area contributed by atoms with Gasteiger partial charge in [-0.25, -0.2) is 0 Å². The van der Waals surface area contributed by atoms with Crippen LogP contribution in [0.3, 0.4) is 0 Å². The molecule has 0 amide bonds. The van der Waals surface area contributed by atoms with Crippen LogP contribution in [0.5, 0.6) is 0 Å². The maximum absolute atomic E-state index is 6.25. The fourth-order valence-electron chi connectivity index (χ4n) is 2.97. The highest BCUT2D eigenvalue weighted by Crippen LogP contribution is 2.32. The molecule has 2 fully saturated rings. The van der Waals surface area contributed by atoms with E-state index in [9.17, 15) is 0 Å². The molecule has 1 saturated carbocycles. The van der Waals surface area contributed by atoms with Gasteiger partial charge in [0.05, 0.1) is 12.2 Å². The molecular formula is C14H27NO. The minimum atomic E-state index is 0.265. The summed E-state index contributed by atoms with van der Waals surface area (Å²) in [5, 5.41) is 3.54. The van der Waals surface area contributed by atoms with Crippen LogP contribution in [-0.2, 0) is 4.74 Å². The quantitative estimate of drug-likeness (QED) is 0.780. The first kappa shape index (κ1) is 12.4. The summed E-state index contributed by atoms with van der Waals surface area (Å²) in [5.74, 6) is 0.936. The summed E-state index contributed by atoms with van der Waals surface area (Å²) in [6.07, 6.45) is 7.86. The van der Waals surface area contributed by atoms with Crippen molar-refractivity contribution in [2.75, 3.05) is 13.1 Å². The summed E-state index contributed by atoms with van der Waals surface area (Å²) in [6, 6.07) is 0. The molecular weight excluding hydrogens is 198 g/mol. The lowest BCUT2D eigenvalue weighted by Crippen LogP contribution is -2.50. The second-order valence-electron chi connectivity index (χ2n) is 6.66. The van der Waals surface area contributed by atoms with Crippen LogP contribution in [0.25, 0.3) is 0 Å². The standard InChI is InChI=1S/C14H27NO/c1-14(2,3)13-10-15-9-12(16-13)8-11-6-4-5-7-11/h11-13,15H,4-10H2,1-3H3. The zero-order valence-electron chi connectivity index (χ0n) is 11.1. The number of rotatable bonds is 2. The number of hydrogen-bond acceptors (Lipinski definition) is 2. The van der Waals surface area contributed by atoms with Gasteiger partial charge in [-0.1, -0.05) is 46.5 Å². The largest absolute Gasteiger partial charge is 0.372 e. The molecule has 1 aliphatic heterocycles. The van der Waals surface area contributed by atoms with Crippen LogP contribution >= 0.6 is 0 Å². The number of ether oxygens (including phenoxy) is 1. The highest BCUT2D eigenvalue weighted by atomic mass is 16.5. The fourth-order valence-corrected chi connectivity index (χ4v) is 2.97. The molecule has 2 rings (SSSR count). The van der Waals surface area contributed by atoms with E-state index in [2.05, 4.69) is 26.1 Å². The van der Waals surface area contributed by atoms with Gasteiger partial charge in [0, 0.05) is 13.1 Å². The van der Waals surface area contributed by atoms with E-state index in [0.717, 1.165) is 19.0 Å². The molecule has 1 saturated heterocycles. The minimum absolute atomic E-state index is 0.265. The molecule has 0 aromatic heterocycles. The molecule has 2 aliphatic rings. The second-order valence-corrected chi connectivity index (χ2v) is 6.66. The van der Waals surface area contributed by atoms with Crippen molar-refractivity contribution < 1.29 is 4.74 Å². The van der Waals surface area contributed by atoms with Crippen LogP contribution in [0.4, 0.5) is 0 Å². The maximum Gasteiger partial charge on any atom is 0.0752 e. The van der Waals surface area contributed by atoms with Crippen molar-refractivity contribution in [3.05, 3.63) is 0 Å². The summed E-state index contributed by atoms with van der Waals surface area (Å²) in [4.78, 5) is 0. The summed E-state index contributed by atoms with van der Waals surface area (Å²) in [6.45, 7) is 8.90. The molecule has 2 atom stereocenters. The van der Waals surface area contributed by atoms with E-state index in [0.29, 0.717) is 12.2 Å². The molecule has 0 aromatic rings. The highest BCUT2D eigenvalue weighted by molar-refractivity contribution is 4.84. The molecule has 1 heterocycles. The van der Waals surface area contributed by atoms with Crippen molar-refractivity contribution in [3.8, 4) is 0 Å². The van der Waals surface area contributed by atoms with Crippen molar-refractivity contribution in [3.63, 3.8) is 0 Å². The van der Waals surface area contributed by atoms with Crippen LogP contribution < -0.4 is 5.32 Å². The van der Waals surface area contributed by atoms with E-state index in [4.69, 9.17) is 4.74 Å². The van der Waals surface area contributed by atoms with Crippen molar-refractivity contribution >= 4 is 0 Å². The number of hydrogen-bond donors (Lipinski definition) is 1. The predicted molar refractivity (Wildman–Crippen MR) is 67.6 cm³/mol. The molecule has 2 unspecified atom stereocenters. The summed E-state index contributed by atoms with van der Waals surface area (Å²) < 4.78 is 6.25. The Kier molecular flexibility index (Phi) is 3.91. The molecule has 0 bridgehead atoms. The van der Waals surface area contributed by atoms with Gasteiger partial charge in [-0.2, -0.15) is 0 Å². The van der Waals surface area contributed by atoms with Gasteiger partial charge in [0.2, 0.25) is 0 Å². The monoisotopic (exact) mass is 225 g/mol. The Balaban J connectivity index is 1.81. The lowest BCUT2D eigenvalue weighted by atomic mass is 9.87. The maximum atomic E-state index is 6.25. The van der Waals surface area contributed by atoms with Gasteiger partial charge in [0.15, 0.2) is 0 Å². The molecule has 0 aromatic carbocycles. The van der Waals surface area contributed by atoms with Crippen LogP contribution in [0.2, 0.25) is 0 Å². The first-order valence-electron chi connectivity index (χ1n) is 6.92. The van der Waals surface area contributed by atoms with E-state index < -0.39 is 0 Å². The zero-order chi connectivity index (χ0) is 11.6. The Morgan fingerprint density at radius 2 is 1.81 bits per heavy atom. The Labute approximate surface area is 100 Å². The molecule has 2 nitrogen and oxygen atoms in total. The topological polar surface area (TPSA) is 21.3 Å².